The fraction of sp³-hybridized carbons (Fsp3) is 0.538. The Morgan fingerprint density at radius 3 is 2.17 bits per heavy atom. The zero-order valence-corrected chi connectivity index (χ0v) is 12.1. The predicted molar refractivity (Wildman–Crippen MR) is 70.0 cm³/mol. The second-order valence-corrected chi connectivity index (χ2v) is 7.26. The molecule has 1 aromatic rings. The molecule has 5 heteroatoms. The van der Waals surface area contributed by atoms with E-state index in [4.69, 9.17) is 9.78 Å². The van der Waals surface area contributed by atoms with Gasteiger partial charge in [0.15, 0.2) is 9.84 Å². The SMILES string of the molecule is Cc1ccc(S(=O)(=O)CCOOC(C)(C)C)cc1. The van der Waals surface area contributed by atoms with Crippen molar-refractivity contribution in [3.05, 3.63) is 29.8 Å². The van der Waals surface area contributed by atoms with Crippen LogP contribution >= 0.6 is 0 Å². The van der Waals surface area contributed by atoms with E-state index in [-0.39, 0.29) is 12.4 Å². The molecule has 0 amide bonds. The van der Waals surface area contributed by atoms with Gasteiger partial charge in [-0.3, -0.25) is 0 Å². The van der Waals surface area contributed by atoms with Crippen LogP contribution in [0.5, 0.6) is 0 Å². The van der Waals surface area contributed by atoms with E-state index in [0.717, 1.165) is 5.56 Å². The Bertz CT molecular complexity index is 469. The molecule has 0 heterocycles. The van der Waals surface area contributed by atoms with Crippen LogP contribution in [0, 0.1) is 6.92 Å². The summed E-state index contributed by atoms with van der Waals surface area (Å²) in [6.45, 7) is 7.44. The summed E-state index contributed by atoms with van der Waals surface area (Å²) in [6, 6.07) is 6.77. The van der Waals surface area contributed by atoms with E-state index in [0.29, 0.717) is 4.90 Å². The standard InChI is InChI=1S/C13H20O4S/c1-11-5-7-12(8-6-11)18(14,15)10-9-16-17-13(2,3)4/h5-8H,9-10H2,1-4H3. The lowest BCUT2D eigenvalue weighted by atomic mass is 10.2. The summed E-state index contributed by atoms with van der Waals surface area (Å²) >= 11 is 0. The van der Waals surface area contributed by atoms with Crippen LogP contribution in [0.1, 0.15) is 26.3 Å². The maximum Gasteiger partial charge on any atom is 0.180 e. The first kappa shape index (κ1) is 15.1. The van der Waals surface area contributed by atoms with E-state index in [1.807, 2.05) is 27.7 Å². The molecule has 0 unspecified atom stereocenters. The molecule has 1 aromatic carbocycles. The molecule has 0 aromatic heterocycles. The van der Waals surface area contributed by atoms with Gasteiger partial charge in [-0.05, 0) is 39.8 Å². The third-order valence-corrected chi connectivity index (χ3v) is 3.82. The molecule has 0 aliphatic heterocycles. The molecule has 4 nitrogen and oxygen atoms in total. The van der Waals surface area contributed by atoms with Crippen LogP contribution in [-0.2, 0) is 19.6 Å². The molecule has 0 aliphatic rings. The predicted octanol–water partition coefficient (Wildman–Crippen LogP) is 2.52. The molecule has 1 rings (SSSR count). The van der Waals surface area contributed by atoms with Gasteiger partial charge >= 0.3 is 0 Å². The minimum Gasteiger partial charge on any atom is -0.235 e. The summed E-state index contributed by atoms with van der Waals surface area (Å²) in [6.07, 6.45) is 0. The van der Waals surface area contributed by atoms with Gasteiger partial charge in [0.25, 0.3) is 0 Å². The Labute approximate surface area is 109 Å². The van der Waals surface area contributed by atoms with Crippen molar-refractivity contribution in [2.45, 2.75) is 38.2 Å². The highest BCUT2D eigenvalue weighted by Gasteiger charge is 2.16. The van der Waals surface area contributed by atoms with Crippen LogP contribution in [0.4, 0.5) is 0 Å². The zero-order valence-electron chi connectivity index (χ0n) is 11.3. The van der Waals surface area contributed by atoms with Gasteiger partial charge in [0.2, 0.25) is 0 Å². The van der Waals surface area contributed by atoms with Crippen molar-refractivity contribution >= 4 is 9.84 Å². The van der Waals surface area contributed by atoms with E-state index in [9.17, 15) is 8.42 Å². The van der Waals surface area contributed by atoms with Gasteiger partial charge in [-0.2, -0.15) is 0 Å². The van der Waals surface area contributed by atoms with Gasteiger partial charge in [0, 0.05) is 0 Å². The number of rotatable bonds is 5. The van der Waals surface area contributed by atoms with Crippen LogP contribution in [0.2, 0.25) is 0 Å². The van der Waals surface area contributed by atoms with E-state index >= 15 is 0 Å². The lowest BCUT2D eigenvalue weighted by Gasteiger charge is -2.17. The Kier molecular flexibility index (Phi) is 4.90. The minimum atomic E-state index is -3.30. The van der Waals surface area contributed by atoms with Crippen molar-refractivity contribution in [2.24, 2.45) is 0 Å². The molecule has 0 aliphatic carbocycles. The summed E-state index contributed by atoms with van der Waals surface area (Å²) in [5.74, 6) is -0.0911. The highest BCUT2D eigenvalue weighted by molar-refractivity contribution is 7.91. The summed E-state index contributed by atoms with van der Waals surface area (Å²) < 4.78 is 23.9. The number of hydrogen-bond donors (Lipinski definition) is 0. The van der Waals surface area contributed by atoms with Crippen molar-refractivity contribution < 1.29 is 18.2 Å². The fourth-order valence-electron chi connectivity index (χ4n) is 1.23. The molecule has 0 fully saturated rings. The van der Waals surface area contributed by atoms with E-state index < -0.39 is 15.4 Å². The van der Waals surface area contributed by atoms with Crippen molar-refractivity contribution in [1.29, 1.82) is 0 Å². The third-order valence-electron chi connectivity index (χ3n) is 2.12. The molecule has 0 radical (unpaired) electrons. The highest BCUT2D eigenvalue weighted by Crippen LogP contribution is 2.13. The lowest BCUT2D eigenvalue weighted by Crippen LogP contribution is -2.22. The van der Waals surface area contributed by atoms with Gasteiger partial charge in [-0.1, -0.05) is 17.7 Å². The average Bonchev–Trinajstić information content (AvgIpc) is 2.24. The highest BCUT2D eigenvalue weighted by atomic mass is 32.2. The van der Waals surface area contributed by atoms with Gasteiger partial charge < -0.3 is 0 Å². The van der Waals surface area contributed by atoms with Gasteiger partial charge in [-0.25, -0.2) is 18.2 Å². The van der Waals surface area contributed by atoms with E-state index in [1.54, 1.807) is 24.3 Å². The quantitative estimate of drug-likeness (QED) is 0.469. The maximum atomic E-state index is 11.9. The number of aryl methyl sites for hydroxylation is 1. The molecule has 0 spiro atoms. The Hall–Kier alpha value is -0.910. The Morgan fingerprint density at radius 1 is 1.11 bits per heavy atom. The molecular weight excluding hydrogens is 252 g/mol. The topological polar surface area (TPSA) is 52.6 Å². The molecular formula is C13H20O4S. The monoisotopic (exact) mass is 272 g/mol. The third kappa shape index (κ3) is 5.16. The maximum absolute atomic E-state index is 11.9. The second-order valence-electron chi connectivity index (χ2n) is 5.15. The molecule has 102 valence electrons. The minimum absolute atomic E-state index is 0.0213. The van der Waals surface area contributed by atoms with Crippen LogP contribution in [-0.4, -0.2) is 26.4 Å². The first-order valence-electron chi connectivity index (χ1n) is 5.81. The fourth-order valence-corrected chi connectivity index (χ4v) is 2.30. The average molecular weight is 272 g/mol. The molecule has 0 N–H and O–H groups in total. The van der Waals surface area contributed by atoms with Crippen LogP contribution in [0.3, 0.4) is 0 Å². The summed E-state index contributed by atoms with van der Waals surface area (Å²) in [4.78, 5) is 10.2. The van der Waals surface area contributed by atoms with Crippen LogP contribution in [0.15, 0.2) is 29.2 Å². The smallest absolute Gasteiger partial charge is 0.180 e. The van der Waals surface area contributed by atoms with E-state index in [1.165, 1.54) is 0 Å². The molecule has 0 atom stereocenters. The normalized spacial score (nSPS) is 12.7. The zero-order chi connectivity index (χ0) is 13.8. The molecule has 0 bridgehead atoms. The first-order valence-corrected chi connectivity index (χ1v) is 7.46. The van der Waals surface area contributed by atoms with Crippen molar-refractivity contribution in [3.63, 3.8) is 0 Å². The van der Waals surface area contributed by atoms with Crippen molar-refractivity contribution in [2.75, 3.05) is 12.4 Å². The van der Waals surface area contributed by atoms with Gasteiger partial charge in [-0.15, -0.1) is 0 Å². The number of hydrogen-bond acceptors (Lipinski definition) is 4. The second kappa shape index (κ2) is 5.82. The Balaban J connectivity index is 2.53. The van der Waals surface area contributed by atoms with Gasteiger partial charge in [0.1, 0.15) is 0 Å². The molecule has 18 heavy (non-hydrogen) atoms. The largest absolute Gasteiger partial charge is 0.235 e. The summed E-state index contributed by atoms with van der Waals surface area (Å²) in [5.41, 5.74) is 0.592. The van der Waals surface area contributed by atoms with E-state index in [2.05, 4.69) is 0 Å². The number of sulfone groups is 1. The van der Waals surface area contributed by atoms with Gasteiger partial charge in [0.05, 0.1) is 22.9 Å². The first-order chi connectivity index (χ1) is 8.21. The van der Waals surface area contributed by atoms with Crippen molar-refractivity contribution in [3.8, 4) is 0 Å². The molecule has 0 saturated carbocycles. The van der Waals surface area contributed by atoms with Crippen LogP contribution < -0.4 is 0 Å². The number of benzene rings is 1. The Morgan fingerprint density at radius 2 is 1.67 bits per heavy atom. The molecule has 0 saturated heterocycles. The summed E-state index contributed by atoms with van der Waals surface area (Å²) in [5, 5.41) is 0. The van der Waals surface area contributed by atoms with Crippen molar-refractivity contribution in [1.82, 2.24) is 0 Å². The summed E-state index contributed by atoms with van der Waals surface area (Å²) in [7, 11) is -3.30. The lowest BCUT2D eigenvalue weighted by molar-refractivity contribution is -0.345. The van der Waals surface area contributed by atoms with Crippen LogP contribution in [0.25, 0.3) is 0 Å².